The molecule has 5 heteroatoms. The number of carbonyl (C=O) groups excluding carboxylic acids is 2. The molecule has 0 spiro atoms. The minimum absolute atomic E-state index is 0.0786. The van der Waals surface area contributed by atoms with Gasteiger partial charge in [-0.1, -0.05) is 38.1 Å². The topological polar surface area (TPSA) is 64.6 Å². The number of ether oxygens (including phenoxy) is 2. The molecular formula is C19H21NO4. The van der Waals surface area contributed by atoms with Crippen molar-refractivity contribution in [2.75, 3.05) is 7.11 Å². The molecule has 2 aromatic carbocycles. The molecule has 0 heterocycles. The van der Waals surface area contributed by atoms with Crippen molar-refractivity contribution in [1.82, 2.24) is 5.32 Å². The van der Waals surface area contributed by atoms with Gasteiger partial charge in [0.05, 0.1) is 7.11 Å². The van der Waals surface area contributed by atoms with Gasteiger partial charge in [-0.3, -0.25) is 4.79 Å². The second-order valence-corrected chi connectivity index (χ2v) is 5.66. The number of rotatable bonds is 6. The molecule has 24 heavy (non-hydrogen) atoms. The van der Waals surface area contributed by atoms with Gasteiger partial charge in [-0.25, -0.2) is 4.79 Å². The van der Waals surface area contributed by atoms with E-state index < -0.39 is 12.0 Å². The summed E-state index contributed by atoms with van der Waals surface area (Å²) in [7, 11) is 1.30. The van der Waals surface area contributed by atoms with E-state index in [4.69, 9.17) is 9.47 Å². The summed E-state index contributed by atoms with van der Waals surface area (Å²) in [6.07, 6.45) is 0. The molecule has 1 atom stereocenters. The number of hydrogen-bond acceptors (Lipinski definition) is 4. The first-order valence-electron chi connectivity index (χ1n) is 7.73. The minimum Gasteiger partial charge on any atom is -0.467 e. The lowest BCUT2D eigenvalue weighted by Gasteiger charge is -2.19. The van der Waals surface area contributed by atoms with Crippen LogP contribution in [0.5, 0.6) is 11.5 Å². The van der Waals surface area contributed by atoms with Gasteiger partial charge in [-0.15, -0.1) is 0 Å². The second-order valence-electron chi connectivity index (χ2n) is 5.66. The monoisotopic (exact) mass is 327 g/mol. The SMILES string of the molecule is COC(=O)C(NC(=O)c1cccc(Oc2ccccc2)c1)C(C)C. The van der Waals surface area contributed by atoms with Crippen molar-refractivity contribution in [3.63, 3.8) is 0 Å². The van der Waals surface area contributed by atoms with E-state index in [1.807, 2.05) is 44.2 Å². The summed E-state index contributed by atoms with van der Waals surface area (Å²) in [4.78, 5) is 24.2. The average molecular weight is 327 g/mol. The van der Waals surface area contributed by atoms with Gasteiger partial charge in [0.1, 0.15) is 17.5 Å². The molecule has 2 aromatic rings. The van der Waals surface area contributed by atoms with Crippen LogP contribution in [0, 0.1) is 5.92 Å². The first-order chi connectivity index (χ1) is 11.5. The van der Waals surface area contributed by atoms with E-state index in [1.54, 1.807) is 24.3 Å². The van der Waals surface area contributed by atoms with Crippen molar-refractivity contribution in [2.45, 2.75) is 19.9 Å². The van der Waals surface area contributed by atoms with Crippen LogP contribution in [0.2, 0.25) is 0 Å². The zero-order chi connectivity index (χ0) is 17.5. The Morgan fingerprint density at radius 1 is 0.958 bits per heavy atom. The Balaban J connectivity index is 2.12. The molecule has 1 amide bonds. The quantitative estimate of drug-likeness (QED) is 0.826. The molecule has 1 unspecified atom stereocenters. The zero-order valence-electron chi connectivity index (χ0n) is 14.0. The third-order valence-electron chi connectivity index (χ3n) is 3.48. The maximum Gasteiger partial charge on any atom is 0.328 e. The van der Waals surface area contributed by atoms with E-state index in [1.165, 1.54) is 7.11 Å². The summed E-state index contributed by atoms with van der Waals surface area (Å²) < 4.78 is 10.5. The Hall–Kier alpha value is -2.82. The van der Waals surface area contributed by atoms with Crippen molar-refractivity contribution < 1.29 is 19.1 Å². The van der Waals surface area contributed by atoms with Gasteiger partial charge in [0.15, 0.2) is 0 Å². The van der Waals surface area contributed by atoms with Crippen molar-refractivity contribution in [3.8, 4) is 11.5 Å². The largest absolute Gasteiger partial charge is 0.467 e. The minimum atomic E-state index is -0.693. The molecule has 5 nitrogen and oxygen atoms in total. The van der Waals surface area contributed by atoms with Crippen LogP contribution in [-0.4, -0.2) is 25.0 Å². The van der Waals surface area contributed by atoms with Crippen molar-refractivity contribution in [2.24, 2.45) is 5.92 Å². The highest BCUT2D eigenvalue weighted by Gasteiger charge is 2.25. The Morgan fingerprint density at radius 3 is 2.25 bits per heavy atom. The van der Waals surface area contributed by atoms with Crippen LogP contribution >= 0.6 is 0 Å². The number of amides is 1. The maximum atomic E-state index is 12.4. The summed E-state index contributed by atoms with van der Waals surface area (Å²) in [5.74, 6) is 0.343. The molecule has 0 aliphatic rings. The van der Waals surface area contributed by atoms with Gasteiger partial charge in [0, 0.05) is 5.56 Å². The predicted molar refractivity (Wildman–Crippen MR) is 91.1 cm³/mol. The molecule has 0 saturated heterocycles. The fraction of sp³-hybridized carbons (Fsp3) is 0.263. The zero-order valence-corrected chi connectivity index (χ0v) is 14.0. The first-order valence-corrected chi connectivity index (χ1v) is 7.73. The number of nitrogens with one attached hydrogen (secondary N) is 1. The molecule has 0 aliphatic carbocycles. The van der Waals surface area contributed by atoms with E-state index in [2.05, 4.69) is 5.32 Å². The highest BCUT2D eigenvalue weighted by Crippen LogP contribution is 2.22. The van der Waals surface area contributed by atoms with Gasteiger partial charge in [-0.05, 0) is 36.2 Å². The number of hydrogen-bond donors (Lipinski definition) is 1. The lowest BCUT2D eigenvalue weighted by Crippen LogP contribution is -2.45. The van der Waals surface area contributed by atoms with Gasteiger partial charge in [-0.2, -0.15) is 0 Å². The molecule has 0 fully saturated rings. The number of carbonyl (C=O) groups is 2. The van der Waals surface area contributed by atoms with Crippen molar-refractivity contribution >= 4 is 11.9 Å². The van der Waals surface area contributed by atoms with Gasteiger partial charge < -0.3 is 14.8 Å². The van der Waals surface area contributed by atoms with Gasteiger partial charge in [0.25, 0.3) is 5.91 Å². The third-order valence-corrected chi connectivity index (χ3v) is 3.48. The number of methoxy groups -OCH3 is 1. The molecule has 1 N–H and O–H groups in total. The normalized spacial score (nSPS) is 11.7. The first kappa shape index (κ1) is 17.5. The molecular weight excluding hydrogens is 306 g/mol. The maximum absolute atomic E-state index is 12.4. The standard InChI is InChI=1S/C19H21NO4/c1-13(2)17(19(22)23-3)20-18(21)14-8-7-11-16(12-14)24-15-9-5-4-6-10-15/h4-13,17H,1-3H3,(H,20,21). The van der Waals surface area contributed by atoms with E-state index in [0.717, 1.165) is 0 Å². The van der Waals surface area contributed by atoms with E-state index in [0.29, 0.717) is 17.1 Å². The van der Waals surface area contributed by atoms with Crippen LogP contribution < -0.4 is 10.1 Å². The van der Waals surface area contributed by atoms with Crippen LogP contribution in [0.15, 0.2) is 54.6 Å². The second kappa shape index (κ2) is 8.15. The van der Waals surface area contributed by atoms with Gasteiger partial charge in [0.2, 0.25) is 0 Å². The van der Waals surface area contributed by atoms with E-state index in [-0.39, 0.29) is 11.8 Å². The summed E-state index contributed by atoms with van der Waals surface area (Å²) in [6.45, 7) is 3.69. The Morgan fingerprint density at radius 2 is 1.62 bits per heavy atom. The lowest BCUT2D eigenvalue weighted by molar-refractivity contribution is -0.144. The van der Waals surface area contributed by atoms with Crippen molar-refractivity contribution in [3.05, 3.63) is 60.2 Å². The Kier molecular flexibility index (Phi) is 5.95. The van der Waals surface area contributed by atoms with Gasteiger partial charge >= 0.3 is 5.97 Å². The van der Waals surface area contributed by atoms with E-state index in [9.17, 15) is 9.59 Å². The molecule has 2 rings (SSSR count). The molecule has 126 valence electrons. The van der Waals surface area contributed by atoms with Crippen LogP contribution in [-0.2, 0) is 9.53 Å². The predicted octanol–water partition coefficient (Wildman–Crippen LogP) is 3.41. The summed E-state index contributed by atoms with van der Waals surface area (Å²) in [6, 6.07) is 15.4. The smallest absolute Gasteiger partial charge is 0.328 e. The van der Waals surface area contributed by atoms with Crippen LogP contribution in [0.3, 0.4) is 0 Å². The summed E-state index contributed by atoms with van der Waals surface area (Å²) >= 11 is 0. The number of para-hydroxylation sites is 1. The van der Waals surface area contributed by atoms with Crippen molar-refractivity contribution in [1.29, 1.82) is 0 Å². The Bertz CT molecular complexity index is 698. The fourth-order valence-corrected chi connectivity index (χ4v) is 2.17. The summed E-state index contributed by atoms with van der Waals surface area (Å²) in [5.41, 5.74) is 0.415. The van der Waals surface area contributed by atoms with Crippen LogP contribution in [0.1, 0.15) is 24.2 Å². The highest BCUT2D eigenvalue weighted by molar-refractivity contribution is 5.97. The fourth-order valence-electron chi connectivity index (χ4n) is 2.17. The number of esters is 1. The van der Waals surface area contributed by atoms with Crippen LogP contribution in [0.4, 0.5) is 0 Å². The molecule has 0 aromatic heterocycles. The Labute approximate surface area is 141 Å². The third kappa shape index (κ3) is 4.59. The molecule has 0 saturated carbocycles. The average Bonchev–Trinajstić information content (AvgIpc) is 2.59. The lowest BCUT2D eigenvalue weighted by atomic mass is 10.0. The van der Waals surface area contributed by atoms with E-state index >= 15 is 0 Å². The molecule has 0 radical (unpaired) electrons. The summed E-state index contributed by atoms with van der Waals surface area (Å²) in [5, 5.41) is 2.71. The highest BCUT2D eigenvalue weighted by atomic mass is 16.5. The molecule has 0 aliphatic heterocycles. The molecule has 0 bridgehead atoms. The van der Waals surface area contributed by atoms with Crippen LogP contribution in [0.25, 0.3) is 0 Å². The number of benzene rings is 2.